The van der Waals surface area contributed by atoms with E-state index in [1.165, 1.54) is 7.11 Å². The topological polar surface area (TPSA) is 128 Å². The van der Waals surface area contributed by atoms with Gasteiger partial charge in [0, 0.05) is 31.8 Å². The van der Waals surface area contributed by atoms with E-state index in [2.05, 4.69) is 17.6 Å². The number of ether oxygens (including phenoxy) is 1. The Kier molecular flexibility index (Phi) is 12.8. The van der Waals surface area contributed by atoms with E-state index in [1.807, 2.05) is 36.4 Å². The molecule has 0 saturated heterocycles. The monoisotopic (exact) mass is 361 g/mol. The Hall–Kier alpha value is -2.90. The van der Waals surface area contributed by atoms with Crippen molar-refractivity contribution in [1.29, 1.82) is 0 Å². The van der Waals surface area contributed by atoms with E-state index in [4.69, 9.17) is 15.6 Å². The fourth-order valence-electron chi connectivity index (χ4n) is 1.80. The van der Waals surface area contributed by atoms with Crippen LogP contribution in [0.2, 0.25) is 0 Å². The van der Waals surface area contributed by atoms with Crippen LogP contribution in [0, 0.1) is 0 Å². The highest BCUT2D eigenvalue weighted by molar-refractivity contribution is 5.90. The summed E-state index contributed by atoms with van der Waals surface area (Å²) in [6.07, 6.45) is 4.96. The number of amides is 1. The molecule has 1 amide bonds. The standard InChI is InChI=1S/C16H22N2O3.C3H5NO/c1-21-16(20)14(9-12-19)15(18-11-10-17)8-7-13-5-3-2-4-6-13;1-2-3(4)5/h2-8,18-19H,9-12,17H2,1H3;2H,1H2,(H2,4,5). The van der Waals surface area contributed by atoms with Crippen LogP contribution in [0.5, 0.6) is 0 Å². The largest absolute Gasteiger partial charge is 0.466 e. The van der Waals surface area contributed by atoms with Crippen molar-refractivity contribution >= 4 is 18.0 Å². The molecule has 7 nitrogen and oxygen atoms in total. The molecule has 0 bridgehead atoms. The van der Waals surface area contributed by atoms with Crippen LogP contribution in [0.4, 0.5) is 0 Å². The van der Waals surface area contributed by atoms with Gasteiger partial charge in [0.2, 0.25) is 5.91 Å². The number of rotatable bonds is 9. The number of aliphatic hydroxyl groups excluding tert-OH is 1. The fraction of sp³-hybridized carbons (Fsp3) is 0.263. The van der Waals surface area contributed by atoms with E-state index < -0.39 is 11.9 Å². The van der Waals surface area contributed by atoms with Crippen LogP contribution in [0.3, 0.4) is 0 Å². The van der Waals surface area contributed by atoms with E-state index in [1.54, 1.807) is 6.08 Å². The van der Waals surface area contributed by atoms with Crippen molar-refractivity contribution < 1.29 is 19.4 Å². The maximum absolute atomic E-state index is 11.8. The second-order valence-corrected chi connectivity index (χ2v) is 4.92. The molecule has 6 N–H and O–H groups in total. The maximum atomic E-state index is 11.8. The van der Waals surface area contributed by atoms with Crippen molar-refractivity contribution in [2.45, 2.75) is 6.42 Å². The van der Waals surface area contributed by atoms with Gasteiger partial charge in [0.25, 0.3) is 0 Å². The van der Waals surface area contributed by atoms with Crippen LogP contribution < -0.4 is 16.8 Å². The minimum atomic E-state index is -0.481. The zero-order valence-corrected chi connectivity index (χ0v) is 15.0. The van der Waals surface area contributed by atoms with Gasteiger partial charge < -0.3 is 26.6 Å². The Labute approximate surface area is 154 Å². The molecule has 1 aromatic rings. The van der Waals surface area contributed by atoms with Gasteiger partial charge in [-0.2, -0.15) is 0 Å². The molecule has 7 heteroatoms. The van der Waals surface area contributed by atoms with Gasteiger partial charge in [-0.15, -0.1) is 0 Å². The average Bonchev–Trinajstić information content (AvgIpc) is 2.67. The molecule has 0 saturated carbocycles. The summed E-state index contributed by atoms with van der Waals surface area (Å²) in [5.41, 5.74) is 12.1. The summed E-state index contributed by atoms with van der Waals surface area (Å²) < 4.78 is 4.76. The lowest BCUT2D eigenvalue weighted by molar-refractivity contribution is -0.136. The molecule has 142 valence electrons. The highest BCUT2D eigenvalue weighted by Gasteiger charge is 2.13. The zero-order chi connectivity index (χ0) is 19.8. The number of hydrogen-bond acceptors (Lipinski definition) is 6. The second-order valence-electron chi connectivity index (χ2n) is 4.92. The third-order valence-electron chi connectivity index (χ3n) is 3.02. The lowest BCUT2D eigenvalue weighted by Gasteiger charge is -2.12. The van der Waals surface area contributed by atoms with E-state index in [-0.39, 0.29) is 13.0 Å². The van der Waals surface area contributed by atoms with Crippen LogP contribution in [-0.2, 0) is 14.3 Å². The number of hydrogen-bond donors (Lipinski definition) is 4. The molecule has 0 aromatic heterocycles. The summed E-state index contributed by atoms with van der Waals surface area (Å²) in [5.74, 6) is -0.939. The molecule has 0 fully saturated rings. The van der Waals surface area contributed by atoms with Crippen LogP contribution >= 0.6 is 0 Å². The molecular weight excluding hydrogens is 334 g/mol. The van der Waals surface area contributed by atoms with Gasteiger partial charge in [-0.3, -0.25) is 4.79 Å². The molecule has 0 atom stereocenters. The van der Waals surface area contributed by atoms with Gasteiger partial charge in [0.1, 0.15) is 0 Å². The molecule has 0 aliphatic rings. The van der Waals surface area contributed by atoms with E-state index in [0.717, 1.165) is 11.6 Å². The minimum Gasteiger partial charge on any atom is -0.466 e. The van der Waals surface area contributed by atoms with E-state index in [0.29, 0.717) is 24.4 Å². The highest BCUT2D eigenvalue weighted by Crippen LogP contribution is 2.12. The van der Waals surface area contributed by atoms with Crippen LogP contribution in [0.1, 0.15) is 12.0 Å². The third-order valence-corrected chi connectivity index (χ3v) is 3.02. The van der Waals surface area contributed by atoms with Crippen LogP contribution in [0.15, 0.2) is 60.3 Å². The molecule has 0 aliphatic heterocycles. The van der Waals surface area contributed by atoms with Crippen molar-refractivity contribution in [3.63, 3.8) is 0 Å². The maximum Gasteiger partial charge on any atom is 0.335 e. The van der Waals surface area contributed by atoms with Crippen molar-refractivity contribution in [1.82, 2.24) is 5.32 Å². The van der Waals surface area contributed by atoms with Crippen LogP contribution in [0.25, 0.3) is 6.08 Å². The number of carbonyl (C=O) groups is 2. The first-order chi connectivity index (χ1) is 12.5. The Morgan fingerprint density at radius 1 is 1.31 bits per heavy atom. The second kappa shape index (κ2) is 14.4. The average molecular weight is 361 g/mol. The molecule has 0 spiro atoms. The van der Waals surface area contributed by atoms with Gasteiger partial charge in [0.15, 0.2) is 0 Å². The van der Waals surface area contributed by atoms with Gasteiger partial charge in [-0.05, 0) is 17.7 Å². The first-order valence-electron chi connectivity index (χ1n) is 8.01. The minimum absolute atomic E-state index is 0.128. The van der Waals surface area contributed by atoms with Crippen molar-refractivity contribution in [2.24, 2.45) is 11.5 Å². The Balaban J connectivity index is 0.00000110. The number of allylic oxidation sites excluding steroid dienone is 1. The predicted octanol–water partition coefficient (Wildman–Crippen LogP) is 0.715. The third kappa shape index (κ3) is 10.1. The summed E-state index contributed by atoms with van der Waals surface area (Å²) >= 11 is 0. The smallest absolute Gasteiger partial charge is 0.335 e. The van der Waals surface area contributed by atoms with Crippen molar-refractivity contribution in [2.75, 3.05) is 26.8 Å². The summed E-state index contributed by atoms with van der Waals surface area (Å²) in [6.45, 7) is 3.93. The quantitative estimate of drug-likeness (QED) is 0.291. The van der Waals surface area contributed by atoms with Crippen molar-refractivity contribution in [3.8, 4) is 0 Å². The number of nitrogens with one attached hydrogen (secondary N) is 1. The molecule has 0 unspecified atom stereocenters. The van der Waals surface area contributed by atoms with E-state index >= 15 is 0 Å². The predicted molar refractivity (Wildman–Crippen MR) is 103 cm³/mol. The van der Waals surface area contributed by atoms with Crippen LogP contribution in [-0.4, -0.2) is 43.8 Å². The number of methoxy groups -OCH3 is 1. The molecule has 1 aromatic carbocycles. The Bertz CT molecular complexity index is 625. The van der Waals surface area contributed by atoms with Gasteiger partial charge in [-0.1, -0.05) is 43.0 Å². The van der Waals surface area contributed by atoms with Gasteiger partial charge >= 0.3 is 5.97 Å². The SMILES string of the molecule is C=CC(N)=O.COC(=O)C(CCO)=C(C=Cc1ccccc1)NCCN. The number of benzene rings is 1. The lowest BCUT2D eigenvalue weighted by Crippen LogP contribution is -2.24. The van der Waals surface area contributed by atoms with Crippen molar-refractivity contribution in [3.05, 3.63) is 65.9 Å². The molecular formula is C19H27N3O4. The number of aliphatic hydroxyl groups is 1. The zero-order valence-electron chi connectivity index (χ0n) is 15.0. The Morgan fingerprint density at radius 3 is 2.38 bits per heavy atom. The highest BCUT2D eigenvalue weighted by atomic mass is 16.5. The molecule has 0 radical (unpaired) electrons. The number of primary amides is 1. The summed E-state index contributed by atoms with van der Waals surface area (Å²) in [5, 5.41) is 12.2. The first-order valence-corrected chi connectivity index (χ1v) is 8.01. The lowest BCUT2D eigenvalue weighted by atomic mass is 10.1. The fourth-order valence-corrected chi connectivity index (χ4v) is 1.80. The normalized spacial score (nSPS) is 11.0. The summed E-state index contributed by atoms with van der Waals surface area (Å²) in [6, 6.07) is 9.73. The molecule has 1 rings (SSSR count). The molecule has 0 heterocycles. The first kappa shape index (κ1) is 23.1. The van der Waals surface area contributed by atoms with Gasteiger partial charge in [-0.25, -0.2) is 4.79 Å². The van der Waals surface area contributed by atoms with Gasteiger partial charge in [0.05, 0.1) is 12.7 Å². The Morgan fingerprint density at radius 2 is 1.92 bits per heavy atom. The number of esters is 1. The number of carbonyl (C=O) groups excluding carboxylic acids is 2. The number of nitrogens with two attached hydrogens (primary N) is 2. The molecule has 26 heavy (non-hydrogen) atoms. The van der Waals surface area contributed by atoms with E-state index in [9.17, 15) is 9.59 Å². The molecule has 0 aliphatic carbocycles. The summed E-state index contributed by atoms with van der Waals surface area (Å²) in [7, 11) is 1.32. The summed E-state index contributed by atoms with van der Waals surface area (Å²) in [4.78, 5) is 21.3.